The van der Waals surface area contributed by atoms with Crippen molar-refractivity contribution in [2.75, 3.05) is 13.1 Å². The Morgan fingerprint density at radius 3 is 2.48 bits per heavy atom. The van der Waals surface area contributed by atoms with E-state index in [1.807, 2.05) is 0 Å². The lowest BCUT2D eigenvalue weighted by atomic mass is 9.73. The third kappa shape index (κ3) is 3.25. The van der Waals surface area contributed by atoms with E-state index in [2.05, 4.69) is 10.2 Å². The number of hydrogen-bond donors (Lipinski definition) is 1. The van der Waals surface area contributed by atoms with Gasteiger partial charge in [-0.25, -0.2) is 4.39 Å². The van der Waals surface area contributed by atoms with Crippen LogP contribution in [-0.2, 0) is 0 Å². The molecule has 2 aliphatic carbocycles. The second-order valence-electron chi connectivity index (χ2n) is 7.55. The van der Waals surface area contributed by atoms with E-state index in [0.29, 0.717) is 17.9 Å². The summed E-state index contributed by atoms with van der Waals surface area (Å²) in [5, 5.41) is 14.1. The Kier molecular flexibility index (Phi) is 4.19. The molecule has 1 N–H and O–H groups in total. The molecule has 0 unspecified atom stereocenters. The minimum absolute atomic E-state index is 0.0270. The third-order valence-corrected chi connectivity index (χ3v) is 5.86. The van der Waals surface area contributed by atoms with Crippen molar-refractivity contribution in [3.8, 4) is 0 Å². The Labute approximate surface area is 145 Å². The first-order valence-electron chi connectivity index (χ1n) is 9.02. The summed E-state index contributed by atoms with van der Waals surface area (Å²) >= 11 is 0. The molecule has 134 valence electrons. The van der Waals surface area contributed by atoms with Crippen LogP contribution in [0.2, 0.25) is 0 Å². The maximum absolute atomic E-state index is 13.5. The zero-order valence-electron chi connectivity index (χ0n) is 14.0. The number of amides is 1. The monoisotopic (exact) mass is 347 g/mol. The minimum Gasteiger partial charge on any atom is -0.348 e. The Morgan fingerprint density at radius 2 is 1.88 bits per heavy atom. The largest absolute Gasteiger partial charge is 0.348 e. The van der Waals surface area contributed by atoms with Crippen LogP contribution < -0.4 is 5.32 Å². The first kappa shape index (κ1) is 16.4. The molecular weight excluding hydrogens is 325 g/mol. The van der Waals surface area contributed by atoms with Gasteiger partial charge in [0.25, 0.3) is 11.6 Å². The molecule has 2 bridgehead atoms. The van der Waals surface area contributed by atoms with Crippen LogP contribution in [0.25, 0.3) is 0 Å². The van der Waals surface area contributed by atoms with Crippen LogP contribution in [0.3, 0.4) is 0 Å². The Bertz CT molecular complexity index is 693. The number of rotatable bonds is 4. The Balaban J connectivity index is 1.53. The standard InChI is InChI=1S/C18H22FN3O3/c19-13-4-7-16(22(24)25)15(8-13)18(23)20-17-11-2-1-3-12(17)10-21(9-11)14-5-6-14/h4,7-8,11-12,14,17H,1-3,5-6,9-10H2,(H,20,23)/t11-,12-/m0/s1. The summed E-state index contributed by atoms with van der Waals surface area (Å²) in [6, 6.07) is 3.77. The lowest BCUT2D eigenvalue weighted by molar-refractivity contribution is -0.385. The fraction of sp³-hybridized carbons (Fsp3) is 0.611. The van der Waals surface area contributed by atoms with E-state index in [9.17, 15) is 19.3 Å². The van der Waals surface area contributed by atoms with Gasteiger partial charge in [-0.1, -0.05) is 6.42 Å². The summed E-state index contributed by atoms with van der Waals surface area (Å²) in [6.45, 7) is 1.97. The van der Waals surface area contributed by atoms with E-state index in [1.165, 1.54) is 19.3 Å². The first-order valence-corrected chi connectivity index (χ1v) is 9.02. The van der Waals surface area contributed by atoms with Crippen molar-refractivity contribution >= 4 is 11.6 Å². The summed E-state index contributed by atoms with van der Waals surface area (Å²) in [4.78, 5) is 25.7. The predicted octanol–water partition coefficient (Wildman–Crippen LogP) is 2.73. The lowest BCUT2D eigenvalue weighted by Crippen LogP contribution is -2.58. The molecule has 4 rings (SSSR count). The molecular formula is C18H22FN3O3. The number of nitro groups is 1. The van der Waals surface area contributed by atoms with Crippen molar-refractivity contribution in [1.29, 1.82) is 0 Å². The van der Waals surface area contributed by atoms with E-state index in [0.717, 1.165) is 44.1 Å². The number of fused-ring (bicyclic) bond motifs is 2. The molecule has 2 atom stereocenters. The molecule has 1 aromatic rings. The number of benzene rings is 1. The van der Waals surface area contributed by atoms with E-state index >= 15 is 0 Å². The Morgan fingerprint density at radius 1 is 1.20 bits per heavy atom. The Hall–Kier alpha value is -2.02. The molecule has 0 radical (unpaired) electrons. The maximum atomic E-state index is 13.5. The van der Waals surface area contributed by atoms with Gasteiger partial charge in [0.15, 0.2) is 0 Å². The summed E-state index contributed by atoms with van der Waals surface area (Å²) in [5.74, 6) is -0.415. The summed E-state index contributed by atoms with van der Waals surface area (Å²) < 4.78 is 13.5. The average molecular weight is 347 g/mol. The van der Waals surface area contributed by atoms with Gasteiger partial charge in [-0.2, -0.15) is 0 Å². The number of nitrogens with one attached hydrogen (secondary N) is 1. The third-order valence-electron chi connectivity index (χ3n) is 5.86. The van der Waals surface area contributed by atoms with E-state index in [1.54, 1.807) is 0 Å². The molecule has 1 heterocycles. The van der Waals surface area contributed by atoms with E-state index < -0.39 is 16.6 Å². The van der Waals surface area contributed by atoms with Crippen LogP contribution >= 0.6 is 0 Å². The molecule has 0 aromatic heterocycles. The fourth-order valence-corrected chi connectivity index (χ4v) is 4.52. The maximum Gasteiger partial charge on any atom is 0.282 e. The van der Waals surface area contributed by atoms with E-state index in [4.69, 9.17) is 0 Å². The predicted molar refractivity (Wildman–Crippen MR) is 89.7 cm³/mol. The van der Waals surface area contributed by atoms with Crippen molar-refractivity contribution in [3.63, 3.8) is 0 Å². The van der Waals surface area contributed by atoms with Gasteiger partial charge >= 0.3 is 0 Å². The van der Waals surface area contributed by atoms with Crippen molar-refractivity contribution in [2.24, 2.45) is 11.8 Å². The molecule has 3 aliphatic rings. The second-order valence-corrected chi connectivity index (χ2v) is 7.55. The number of nitrogens with zero attached hydrogens (tertiary/aromatic N) is 2. The van der Waals surface area contributed by atoms with Crippen LogP contribution in [0, 0.1) is 27.8 Å². The normalized spacial score (nSPS) is 29.2. The number of piperidine rings is 1. The number of likely N-dealkylation sites (tertiary alicyclic amines) is 1. The van der Waals surface area contributed by atoms with Crippen LogP contribution in [0.4, 0.5) is 10.1 Å². The molecule has 1 amide bonds. The molecule has 1 aliphatic heterocycles. The van der Waals surface area contributed by atoms with Gasteiger partial charge in [0.05, 0.1) is 4.92 Å². The van der Waals surface area contributed by atoms with E-state index in [-0.39, 0.29) is 17.3 Å². The van der Waals surface area contributed by atoms with Crippen molar-refractivity contribution in [2.45, 2.75) is 44.2 Å². The molecule has 1 aromatic carbocycles. The highest BCUT2D eigenvalue weighted by molar-refractivity contribution is 5.98. The van der Waals surface area contributed by atoms with Gasteiger partial charge in [-0.15, -0.1) is 0 Å². The molecule has 6 nitrogen and oxygen atoms in total. The van der Waals surface area contributed by atoms with Gasteiger partial charge in [-0.3, -0.25) is 19.8 Å². The highest BCUT2D eigenvalue weighted by Crippen LogP contribution is 2.39. The number of hydrogen-bond acceptors (Lipinski definition) is 4. The van der Waals surface area contributed by atoms with Crippen molar-refractivity contribution < 1.29 is 14.1 Å². The summed E-state index contributed by atoms with van der Waals surface area (Å²) in [6.07, 6.45) is 5.84. The molecule has 0 spiro atoms. The number of nitro benzene ring substituents is 1. The fourth-order valence-electron chi connectivity index (χ4n) is 4.52. The van der Waals surface area contributed by atoms with Crippen LogP contribution in [0.5, 0.6) is 0 Å². The minimum atomic E-state index is -0.639. The number of halogens is 1. The van der Waals surface area contributed by atoms with Gasteiger partial charge in [0.1, 0.15) is 11.4 Å². The van der Waals surface area contributed by atoms with Gasteiger partial charge < -0.3 is 5.32 Å². The van der Waals surface area contributed by atoms with Crippen molar-refractivity contribution in [1.82, 2.24) is 10.2 Å². The highest BCUT2D eigenvalue weighted by Gasteiger charge is 2.44. The smallest absolute Gasteiger partial charge is 0.282 e. The second kappa shape index (κ2) is 6.37. The topological polar surface area (TPSA) is 75.5 Å². The number of carbonyl (C=O) groups is 1. The molecule has 1 saturated heterocycles. The SMILES string of the molecule is O=C(NC1[C@H]2CCC[C@H]1CN(C1CC1)C2)c1cc(F)ccc1[N+](=O)[O-]. The summed E-state index contributed by atoms with van der Waals surface area (Å²) in [7, 11) is 0. The molecule has 7 heteroatoms. The molecule has 3 fully saturated rings. The van der Waals surface area contributed by atoms with Gasteiger partial charge in [0, 0.05) is 31.2 Å². The van der Waals surface area contributed by atoms with Crippen LogP contribution in [-0.4, -0.2) is 40.9 Å². The molecule has 25 heavy (non-hydrogen) atoms. The zero-order valence-corrected chi connectivity index (χ0v) is 14.0. The van der Waals surface area contributed by atoms with Crippen LogP contribution in [0.1, 0.15) is 42.5 Å². The quantitative estimate of drug-likeness (QED) is 0.671. The van der Waals surface area contributed by atoms with Crippen molar-refractivity contribution in [3.05, 3.63) is 39.7 Å². The summed E-state index contributed by atoms with van der Waals surface area (Å²) in [5.41, 5.74) is -0.535. The number of carbonyl (C=O) groups excluding carboxylic acids is 1. The first-order chi connectivity index (χ1) is 12.0. The molecule has 2 saturated carbocycles. The van der Waals surface area contributed by atoms with Gasteiger partial charge in [-0.05, 0) is 49.7 Å². The lowest BCUT2D eigenvalue weighted by Gasteiger charge is -2.47. The highest BCUT2D eigenvalue weighted by atomic mass is 19.1. The van der Waals surface area contributed by atoms with Gasteiger partial charge in [0.2, 0.25) is 0 Å². The van der Waals surface area contributed by atoms with Crippen LogP contribution in [0.15, 0.2) is 18.2 Å². The average Bonchev–Trinajstić information content (AvgIpc) is 3.39. The zero-order chi connectivity index (χ0) is 17.6.